The number of amides is 1. The molecule has 1 aromatic carbocycles. The summed E-state index contributed by atoms with van der Waals surface area (Å²) in [6.07, 6.45) is 2.66. The average molecular weight is 328 g/mol. The van der Waals surface area contributed by atoms with Crippen molar-refractivity contribution in [2.45, 2.75) is 50.6 Å². The monoisotopic (exact) mass is 327 g/mol. The van der Waals surface area contributed by atoms with Gasteiger partial charge in [-0.05, 0) is 18.4 Å². The fourth-order valence-electron chi connectivity index (χ4n) is 1.84. The maximum atomic E-state index is 11.7. The number of hydrogen-bond acceptors (Lipinski definition) is 2. The van der Waals surface area contributed by atoms with Crippen molar-refractivity contribution in [2.24, 2.45) is 0 Å². The first-order valence-corrected chi connectivity index (χ1v) is 7.70. The van der Waals surface area contributed by atoms with Crippen LogP contribution in [0, 0.1) is 0 Å². The molecule has 0 aliphatic heterocycles. The predicted molar refractivity (Wildman–Crippen MR) is 81.5 cm³/mol. The summed E-state index contributed by atoms with van der Waals surface area (Å²) in [5.74, 6) is 0. The van der Waals surface area contributed by atoms with Crippen molar-refractivity contribution in [1.29, 1.82) is 0 Å². The summed E-state index contributed by atoms with van der Waals surface area (Å²) in [6, 6.07) is 9.80. The van der Waals surface area contributed by atoms with E-state index in [0.29, 0.717) is 11.4 Å². The second-order valence-corrected chi connectivity index (χ2v) is 5.70. The molecule has 0 aliphatic carbocycles. The largest absolute Gasteiger partial charge is 0.445 e. The van der Waals surface area contributed by atoms with Gasteiger partial charge in [0.25, 0.3) is 0 Å². The summed E-state index contributed by atoms with van der Waals surface area (Å²) in [5, 5.41) is 2.91. The van der Waals surface area contributed by atoms with E-state index in [1.54, 1.807) is 0 Å². The molecule has 1 aromatic rings. The van der Waals surface area contributed by atoms with E-state index in [1.165, 1.54) is 0 Å². The van der Waals surface area contributed by atoms with Crippen LogP contribution < -0.4 is 5.32 Å². The van der Waals surface area contributed by atoms with Gasteiger partial charge in [-0.1, -0.05) is 66.5 Å². The van der Waals surface area contributed by atoms with Crippen LogP contribution in [0.3, 0.4) is 0 Å². The first-order chi connectivity index (χ1) is 9.17. The van der Waals surface area contributed by atoms with E-state index in [-0.39, 0.29) is 12.1 Å². The summed E-state index contributed by atoms with van der Waals surface area (Å²) in [7, 11) is 0. The van der Waals surface area contributed by atoms with Crippen LogP contribution in [0.5, 0.6) is 0 Å². The molecule has 2 atom stereocenters. The summed E-state index contributed by atoms with van der Waals surface area (Å²) in [6.45, 7) is 4.50. The highest BCUT2D eigenvalue weighted by Gasteiger charge is 2.19. The van der Waals surface area contributed by atoms with E-state index in [2.05, 4.69) is 35.1 Å². The van der Waals surface area contributed by atoms with Gasteiger partial charge in [0, 0.05) is 10.9 Å². The predicted octanol–water partition coefficient (Wildman–Crippen LogP) is 4.26. The van der Waals surface area contributed by atoms with Crippen LogP contribution in [0.2, 0.25) is 0 Å². The lowest BCUT2D eigenvalue weighted by Gasteiger charge is -2.21. The molecule has 0 aromatic heterocycles. The van der Waals surface area contributed by atoms with Gasteiger partial charge in [-0.3, -0.25) is 0 Å². The van der Waals surface area contributed by atoms with Gasteiger partial charge in [-0.2, -0.15) is 0 Å². The lowest BCUT2D eigenvalue weighted by molar-refractivity contribution is 0.135. The summed E-state index contributed by atoms with van der Waals surface area (Å²) < 4.78 is 5.22. The first kappa shape index (κ1) is 16.0. The van der Waals surface area contributed by atoms with E-state index >= 15 is 0 Å². The second-order valence-electron chi connectivity index (χ2n) is 4.53. The van der Waals surface area contributed by atoms with Gasteiger partial charge < -0.3 is 10.1 Å². The fraction of sp³-hybridized carbons (Fsp3) is 0.533. The zero-order chi connectivity index (χ0) is 14.1. The summed E-state index contributed by atoms with van der Waals surface area (Å²) in [5.41, 5.74) is 0.995. The van der Waals surface area contributed by atoms with Crippen molar-refractivity contribution in [2.75, 3.05) is 0 Å². The van der Waals surface area contributed by atoms with E-state index in [4.69, 9.17) is 4.74 Å². The standard InChI is InChI=1S/C15H22BrNO2/c1-3-8-13(16)14(4-2)17-15(18)19-11-12-9-6-5-7-10-12/h5-7,9-10,13-14H,3-4,8,11H2,1-2H3,(H,17,18)/t13-,14-/m0/s1. The number of benzene rings is 1. The number of halogens is 1. The van der Waals surface area contributed by atoms with Crippen molar-refractivity contribution in [3.63, 3.8) is 0 Å². The number of alkyl carbamates (subject to hydrolysis) is 1. The molecular weight excluding hydrogens is 306 g/mol. The van der Waals surface area contributed by atoms with Crippen LogP contribution >= 0.6 is 15.9 Å². The Kier molecular flexibility index (Phi) is 7.56. The SMILES string of the molecule is CCC[C@H](Br)[C@H](CC)NC(=O)OCc1ccccc1. The van der Waals surface area contributed by atoms with Crippen LogP contribution in [-0.4, -0.2) is 17.0 Å². The normalized spacial score (nSPS) is 13.6. The van der Waals surface area contributed by atoms with Gasteiger partial charge in [-0.15, -0.1) is 0 Å². The summed E-state index contributed by atoms with van der Waals surface area (Å²) >= 11 is 3.62. The lowest BCUT2D eigenvalue weighted by atomic mass is 10.1. The fourth-order valence-corrected chi connectivity index (χ4v) is 2.81. The first-order valence-electron chi connectivity index (χ1n) is 6.78. The zero-order valence-corrected chi connectivity index (χ0v) is 13.2. The highest BCUT2D eigenvalue weighted by molar-refractivity contribution is 9.09. The smallest absolute Gasteiger partial charge is 0.407 e. The van der Waals surface area contributed by atoms with Crippen LogP contribution in [0.1, 0.15) is 38.7 Å². The molecule has 0 bridgehead atoms. The van der Waals surface area contributed by atoms with Crippen LogP contribution in [-0.2, 0) is 11.3 Å². The van der Waals surface area contributed by atoms with Gasteiger partial charge in [-0.25, -0.2) is 4.79 Å². The van der Waals surface area contributed by atoms with Crippen molar-refractivity contribution in [3.05, 3.63) is 35.9 Å². The Morgan fingerprint density at radius 1 is 1.32 bits per heavy atom. The number of carbonyl (C=O) groups excluding carboxylic acids is 1. The third-order valence-corrected chi connectivity index (χ3v) is 4.05. The number of nitrogens with one attached hydrogen (secondary N) is 1. The Bertz CT molecular complexity index is 370. The Hall–Kier alpha value is -1.03. The van der Waals surface area contributed by atoms with Gasteiger partial charge in [0.1, 0.15) is 6.61 Å². The molecule has 19 heavy (non-hydrogen) atoms. The molecule has 1 N–H and O–H groups in total. The third-order valence-electron chi connectivity index (χ3n) is 2.96. The van der Waals surface area contributed by atoms with Gasteiger partial charge in [0.15, 0.2) is 0 Å². The van der Waals surface area contributed by atoms with E-state index < -0.39 is 0 Å². The minimum atomic E-state index is -0.351. The van der Waals surface area contributed by atoms with Crippen LogP contribution in [0.4, 0.5) is 4.79 Å². The Morgan fingerprint density at radius 3 is 2.58 bits per heavy atom. The molecule has 106 valence electrons. The molecule has 0 saturated heterocycles. The van der Waals surface area contributed by atoms with Crippen molar-refractivity contribution in [3.8, 4) is 0 Å². The van der Waals surface area contributed by atoms with Crippen LogP contribution in [0.25, 0.3) is 0 Å². The Labute approximate surface area is 123 Å². The van der Waals surface area contributed by atoms with Gasteiger partial charge >= 0.3 is 6.09 Å². The molecule has 0 saturated carbocycles. The van der Waals surface area contributed by atoms with E-state index in [1.807, 2.05) is 30.3 Å². The summed E-state index contributed by atoms with van der Waals surface area (Å²) in [4.78, 5) is 12.0. The van der Waals surface area contributed by atoms with E-state index in [0.717, 1.165) is 24.8 Å². The molecule has 0 fully saturated rings. The molecule has 1 amide bonds. The molecule has 0 unspecified atom stereocenters. The van der Waals surface area contributed by atoms with Crippen molar-refractivity contribution in [1.82, 2.24) is 5.32 Å². The van der Waals surface area contributed by atoms with Crippen molar-refractivity contribution < 1.29 is 9.53 Å². The lowest BCUT2D eigenvalue weighted by Crippen LogP contribution is -2.40. The molecule has 0 aliphatic rings. The molecule has 1 rings (SSSR count). The Morgan fingerprint density at radius 2 is 2.00 bits per heavy atom. The topological polar surface area (TPSA) is 38.3 Å². The highest BCUT2D eigenvalue weighted by atomic mass is 79.9. The zero-order valence-electron chi connectivity index (χ0n) is 11.6. The minimum absolute atomic E-state index is 0.114. The second kappa shape index (κ2) is 8.97. The minimum Gasteiger partial charge on any atom is -0.445 e. The molecule has 0 radical (unpaired) electrons. The average Bonchev–Trinajstić information content (AvgIpc) is 2.44. The van der Waals surface area contributed by atoms with Crippen molar-refractivity contribution >= 4 is 22.0 Å². The number of rotatable bonds is 7. The quantitative estimate of drug-likeness (QED) is 0.760. The number of hydrogen-bond donors (Lipinski definition) is 1. The number of alkyl halides is 1. The van der Waals surface area contributed by atoms with Gasteiger partial charge in [0.2, 0.25) is 0 Å². The molecular formula is C15H22BrNO2. The Balaban J connectivity index is 2.37. The third kappa shape index (κ3) is 6.10. The number of ether oxygens (including phenoxy) is 1. The van der Waals surface area contributed by atoms with E-state index in [9.17, 15) is 4.79 Å². The molecule has 3 nitrogen and oxygen atoms in total. The maximum Gasteiger partial charge on any atom is 0.407 e. The van der Waals surface area contributed by atoms with Gasteiger partial charge in [0.05, 0.1) is 0 Å². The highest BCUT2D eigenvalue weighted by Crippen LogP contribution is 2.15. The molecule has 0 spiro atoms. The number of carbonyl (C=O) groups is 1. The van der Waals surface area contributed by atoms with Crippen LogP contribution in [0.15, 0.2) is 30.3 Å². The molecule has 0 heterocycles. The maximum absolute atomic E-state index is 11.7. The molecule has 4 heteroatoms.